The summed E-state index contributed by atoms with van der Waals surface area (Å²) in [4.78, 5) is 56.2. The molecule has 1 fully saturated rings. The zero-order valence-corrected chi connectivity index (χ0v) is 21.5. The van der Waals surface area contributed by atoms with Gasteiger partial charge in [0.25, 0.3) is 11.8 Å². The van der Waals surface area contributed by atoms with Gasteiger partial charge in [-0.15, -0.1) is 13.2 Å². The Morgan fingerprint density at radius 3 is 2.31 bits per heavy atom. The number of nitrogens with zero attached hydrogens (tertiary/aromatic N) is 4. The van der Waals surface area contributed by atoms with Crippen molar-refractivity contribution >= 4 is 35.2 Å². The van der Waals surface area contributed by atoms with Gasteiger partial charge in [-0.25, -0.2) is 14.5 Å². The third-order valence-electron chi connectivity index (χ3n) is 5.68. The molecule has 0 radical (unpaired) electrons. The van der Waals surface area contributed by atoms with Crippen LogP contribution >= 0.6 is 0 Å². The summed E-state index contributed by atoms with van der Waals surface area (Å²) in [6.45, 7) is 2.00. The number of amides is 4. The van der Waals surface area contributed by atoms with Crippen LogP contribution in [0.25, 0.3) is 0 Å². The van der Waals surface area contributed by atoms with Gasteiger partial charge in [-0.3, -0.25) is 19.9 Å². The van der Waals surface area contributed by atoms with Crippen LogP contribution in [0.5, 0.6) is 5.75 Å². The zero-order chi connectivity index (χ0) is 31.5. The van der Waals surface area contributed by atoms with E-state index in [2.05, 4.69) is 14.5 Å². The second-order valence-electron chi connectivity index (χ2n) is 8.96. The maximum atomic E-state index is 13.3. The number of ether oxygens (including phenoxy) is 2. The van der Waals surface area contributed by atoms with Gasteiger partial charge in [0, 0.05) is 18.9 Å². The highest BCUT2D eigenvalue weighted by Gasteiger charge is 2.52. The van der Waals surface area contributed by atoms with E-state index in [4.69, 9.17) is 5.26 Å². The average Bonchev–Trinajstić information content (AvgIpc) is 3.05. The number of imide groups is 1. The molecule has 18 heteroatoms. The molecule has 42 heavy (non-hydrogen) atoms. The minimum atomic E-state index is -5.55. The number of carbonyl (C=O) groups is 4. The molecule has 4 amide bonds. The number of anilines is 2. The molecule has 3 rings (SSSR count). The Kier molecular flexibility index (Phi) is 8.96. The van der Waals surface area contributed by atoms with E-state index >= 15 is 0 Å². The van der Waals surface area contributed by atoms with E-state index in [-0.39, 0.29) is 12.2 Å². The van der Waals surface area contributed by atoms with Crippen molar-refractivity contribution in [3.05, 3.63) is 48.3 Å². The molecule has 1 atom stereocenters. The number of alkyl halides is 6. The monoisotopic (exact) mass is 602 g/mol. The molecule has 1 unspecified atom stereocenters. The summed E-state index contributed by atoms with van der Waals surface area (Å²) in [5, 5.41) is 12.4. The molecule has 0 saturated carbocycles. The molecule has 2 aromatic rings. The SMILES string of the molecule is CC1(C)C(=O)N(c2ccc(OC(F)(F)F)c(NC(=O)C(NCC#N)OC(=O)C(F)(F)F)c2)C(=O)N1Cc1ccncc1. The molecule has 224 valence electrons. The molecule has 1 aliphatic rings. The van der Waals surface area contributed by atoms with Crippen LogP contribution in [-0.4, -0.2) is 64.5 Å². The van der Waals surface area contributed by atoms with Gasteiger partial charge < -0.3 is 19.7 Å². The standard InChI is InChI=1S/C24H20F6N6O6/c1-22(2)19(38)36(21(40)35(22)12-13-5-8-32-9-6-13)14-3-4-16(42-24(28,29)30)15(11-14)34-17(37)18(33-10-7-31)41-20(39)23(25,26)27/h3-6,8-9,11,18,33H,10,12H2,1-2H3,(H,34,37). The second kappa shape index (κ2) is 11.9. The molecule has 1 aliphatic heterocycles. The van der Waals surface area contributed by atoms with Crippen LogP contribution in [-0.2, 0) is 25.7 Å². The number of pyridine rings is 1. The highest BCUT2D eigenvalue weighted by atomic mass is 19.4. The van der Waals surface area contributed by atoms with Crippen LogP contribution in [0.2, 0.25) is 0 Å². The lowest BCUT2D eigenvalue weighted by Crippen LogP contribution is -2.46. The average molecular weight is 602 g/mol. The number of esters is 1. The highest BCUT2D eigenvalue weighted by molar-refractivity contribution is 6.23. The van der Waals surface area contributed by atoms with Gasteiger partial charge in [0.05, 0.1) is 24.0 Å². The first-order chi connectivity index (χ1) is 19.5. The summed E-state index contributed by atoms with van der Waals surface area (Å²) in [6.07, 6.45) is -10.4. The van der Waals surface area contributed by atoms with Crippen LogP contribution in [0, 0.1) is 11.3 Å². The second-order valence-corrected chi connectivity index (χ2v) is 8.96. The predicted octanol–water partition coefficient (Wildman–Crippen LogP) is 3.21. The number of aromatic nitrogens is 1. The molecule has 2 N–H and O–H groups in total. The smallest absolute Gasteiger partial charge is 0.430 e. The minimum absolute atomic E-state index is 0.0493. The molecule has 0 spiro atoms. The van der Waals surface area contributed by atoms with Crippen molar-refractivity contribution in [2.45, 2.75) is 44.7 Å². The number of rotatable bonds is 9. The van der Waals surface area contributed by atoms with E-state index < -0.39 is 66.1 Å². The Labute approximate surface area is 232 Å². The molecule has 0 aliphatic carbocycles. The maximum absolute atomic E-state index is 13.3. The number of nitriles is 1. The zero-order valence-electron chi connectivity index (χ0n) is 21.5. The first-order valence-corrected chi connectivity index (χ1v) is 11.6. The fourth-order valence-electron chi connectivity index (χ4n) is 3.67. The number of hydrogen-bond donors (Lipinski definition) is 2. The normalized spacial score (nSPS) is 15.7. The molecule has 0 bridgehead atoms. The van der Waals surface area contributed by atoms with E-state index in [0.717, 1.165) is 12.1 Å². The molecule has 2 heterocycles. The first kappa shape index (κ1) is 31.6. The number of benzene rings is 1. The van der Waals surface area contributed by atoms with Crippen molar-refractivity contribution in [1.29, 1.82) is 5.26 Å². The van der Waals surface area contributed by atoms with E-state index in [0.29, 0.717) is 16.5 Å². The summed E-state index contributed by atoms with van der Waals surface area (Å²) < 4.78 is 85.1. The number of urea groups is 1. The lowest BCUT2D eigenvalue weighted by Gasteiger charge is -2.27. The summed E-state index contributed by atoms with van der Waals surface area (Å²) in [6, 6.07) is 6.03. The van der Waals surface area contributed by atoms with Gasteiger partial charge in [0.2, 0.25) is 6.23 Å². The summed E-state index contributed by atoms with van der Waals surface area (Å²) in [7, 11) is 0. The van der Waals surface area contributed by atoms with Crippen molar-refractivity contribution in [1.82, 2.24) is 15.2 Å². The largest absolute Gasteiger partial charge is 0.573 e. The Bertz CT molecular complexity index is 1410. The fourth-order valence-corrected chi connectivity index (χ4v) is 3.67. The van der Waals surface area contributed by atoms with Crippen molar-refractivity contribution in [2.75, 3.05) is 16.8 Å². The van der Waals surface area contributed by atoms with Crippen LogP contribution in [0.1, 0.15) is 19.4 Å². The van der Waals surface area contributed by atoms with E-state index in [1.165, 1.54) is 37.2 Å². The summed E-state index contributed by atoms with van der Waals surface area (Å²) >= 11 is 0. The Hall–Kier alpha value is -4.92. The number of carbonyl (C=O) groups excluding carboxylic acids is 4. The molecule has 12 nitrogen and oxygen atoms in total. The van der Waals surface area contributed by atoms with Crippen LogP contribution in [0.15, 0.2) is 42.7 Å². The van der Waals surface area contributed by atoms with Gasteiger partial charge >= 0.3 is 24.5 Å². The van der Waals surface area contributed by atoms with E-state index in [9.17, 15) is 45.5 Å². The van der Waals surface area contributed by atoms with Crippen LogP contribution in [0.3, 0.4) is 0 Å². The maximum Gasteiger partial charge on any atom is 0.573 e. The van der Waals surface area contributed by atoms with E-state index in [1.807, 2.05) is 10.6 Å². The third kappa shape index (κ3) is 7.23. The molecular weight excluding hydrogens is 582 g/mol. The first-order valence-electron chi connectivity index (χ1n) is 11.6. The topological polar surface area (TPSA) is 154 Å². The van der Waals surface area contributed by atoms with Gasteiger partial charge in [0.1, 0.15) is 5.54 Å². The van der Waals surface area contributed by atoms with Crippen molar-refractivity contribution in [3.63, 3.8) is 0 Å². The fraction of sp³-hybridized carbons (Fsp3) is 0.333. The van der Waals surface area contributed by atoms with Gasteiger partial charge in [0.15, 0.2) is 5.75 Å². The highest BCUT2D eigenvalue weighted by Crippen LogP contribution is 2.38. The van der Waals surface area contributed by atoms with Crippen molar-refractivity contribution < 1.29 is 55.0 Å². The van der Waals surface area contributed by atoms with Gasteiger partial charge in [-0.05, 0) is 49.7 Å². The Balaban J connectivity index is 1.99. The Morgan fingerprint density at radius 2 is 1.74 bits per heavy atom. The van der Waals surface area contributed by atoms with Crippen LogP contribution < -0.4 is 20.3 Å². The Morgan fingerprint density at radius 1 is 1.10 bits per heavy atom. The van der Waals surface area contributed by atoms with E-state index in [1.54, 1.807) is 12.1 Å². The quantitative estimate of drug-likeness (QED) is 0.145. The van der Waals surface area contributed by atoms with Crippen LogP contribution in [0.4, 0.5) is 42.5 Å². The van der Waals surface area contributed by atoms with Gasteiger partial charge in [-0.1, -0.05) is 0 Å². The van der Waals surface area contributed by atoms with Crippen molar-refractivity contribution in [2.24, 2.45) is 0 Å². The predicted molar refractivity (Wildman–Crippen MR) is 128 cm³/mol. The number of nitrogens with one attached hydrogen (secondary N) is 2. The molecular formula is C24H20F6N6O6. The molecule has 1 aromatic carbocycles. The summed E-state index contributed by atoms with van der Waals surface area (Å²) in [5.74, 6) is -6.37. The number of hydrogen-bond acceptors (Lipinski definition) is 9. The third-order valence-corrected chi connectivity index (χ3v) is 5.68. The van der Waals surface area contributed by atoms with Gasteiger partial charge in [-0.2, -0.15) is 18.4 Å². The van der Waals surface area contributed by atoms with Crippen molar-refractivity contribution in [3.8, 4) is 11.8 Å². The molecule has 1 saturated heterocycles. The molecule has 1 aromatic heterocycles. The lowest BCUT2D eigenvalue weighted by molar-refractivity contribution is -0.274. The minimum Gasteiger partial charge on any atom is -0.430 e. The lowest BCUT2D eigenvalue weighted by atomic mass is 10.0. The summed E-state index contributed by atoms with van der Waals surface area (Å²) in [5.41, 5.74) is -2.04. The number of halogens is 6.